The van der Waals surface area contributed by atoms with Gasteiger partial charge in [-0.05, 0) is 35.9 Å². The van der Waals surface area contributed by atoms with Crippen LogP contribution in [-0.2, 0) is 6.61 Å². The maximum absolute atomic E-state index is 5.78. The molecule has 3 aromatic rings. The molecule has 0 aliphatic heterocycles. The molecule has 0 bridgehead atoms. The summed E-state index contributed by atoms with van der Waals surface area (Å²) in [5, 5.41) is 0. The molecule has 1 radical (unpaired) electrons. The predicted molar refractivity (Wildman–Crippen MR) is 82.6 cm³/mol. The fraction of sp³-hybridized carbons (Fsp3) is 0.0526. The second-order valence-electron chi connectivity index (χ2n) is 4.59. The number of hydrogen-bond donors (Lipinski definition) is 0. The largest absolute Gasteiger partial charge is 0.489 e. The first-order valence-corrected chi connectivity index (χ1v) is 6.81. The summed E-state index contributed by atoms with van der Waals surface area (Å²) < 4.78 is 11.5. The van der Waals surface area contributed by atoms with Crippen LogP contribution in [0.1, 0.15) is 5.56 Å². The van der Waals surface area contributed by atoms with Crippen molar-refractivity contribution in [1.29, 1.82) is 0 Å². The summed E-state index contributed by atoms with van der Waals surface area (Å²) in [6.07, 6.45) is 0. The van der Waals surface area contributed by atoms with E-state index in [0.717, 1.165) is 22.8 Å². The molecular formula is C19H15O2. The highest BCUT2D eigenvalue weighted by Gasteiger charge is 2.00. The van der Waals surface area contributed by atoms with Crippen LogP contribution in [0.2, 0.25) is 0 Å². The maximum Gasteiger partial charge on any atom is 0.131 e. The molecule has 0 unspecified atom stereocenters. The molecule has 0 N–H and O–H groups in total. The van der Waals surface area contributed by atoms with Gasteiger partial charge in [-0.2, -0.15) is 0 Å². The van der Waals surface area contributed by atoms with Crippen LogP contribution in [0, 0.1) is 6.07 Å². The third-order valence-corrected chi connectivity index (χ3v) is 2.97. The Bertz CT molecular complexity index is 678. The SMILES string of the molecule is [c]1cccc(Oc2cccc(OCc3ccccc3)c2)c1. The van der Waals surface area contributed by atoms with E-state index in [1.54, 1.807) is 6.07 Å². The molecule has 0 aliphatic rings. The Balaban J connectivity index is 1.66. The molecule has 2 heteroatoms. The fourth-order valence-corrected chi connectivity index (χ4v) is 1.94. The number of rotatable bonds is 5. The van der Waals surface area contributed by atoms with Crippen LogP contribution in [0.3, 0.4) is 0 Å². The molecule has 103 valence electrons. The van der Waals surface area contributed by atoms with Gasteiger partial charge < -0.3 is 9.47 Å². The van der Waals surface area contributed by atoms with Crippen molar-refractivity contribution in [3.63, 3.8) is 0 Å². The third kappa shape index (κ3) is 3.86. The Morgan fingerprint density at radius 3 is 2.38 bits per heavy atom. The van der Waals surface area contributed by atoms with Gasteiger partial charge in [0, 0.05) is 6.07 Å². The van der Waals surface area contributed by atoms with E-state index >= 15 is 0 Å². The molecule has 0 saturated heterocycles. The zero-order valence-electron chi connectivity index (χ0n) is 11.5. The highest BCUT2D eigenvalue weighted by Crippen LogP contribution is 2.25. The van der Waals surface area contributed by atoms with Gasteiger partial charge in [0.05, 0.1) is 0 Å². The summed E-state index contributed by atoms with van der Waals surface area (Å²) in [5.74, 6) is 2.30. The number of hydrogen-bond acceptors (Lipinski definition) is 2. The topological polar surface area (TPSA) is 18.5 Å². The molecule has 0 atom stereocenters. The lowest BCUT2D eigenvalue weighted by atomic mass is 10.2. The van der Waals surface area contributed by atoms with Crippen molar-refractivity contribution in [2.75, 3.05) is 0 Å². The van der Waals surface area contributed by atoms with Gasteiger partial charge in [0.1, 0.15) is 23.9 Å². The van der Waals surface area contributed by atoms with E-state index in [4.69, 9.17) is 9.47 Å². The highest BCUT2D eigenvalue weighted by molar-refractivity contribution is 5.36. The van der Waals surface area contributed by atoms with Crippen molar-refractivity contribution >= 4 is 0 Å². The van der Waals surface area contributed by atoms with Crippen molar-refractivity contribution in [3.8, 4) is 17.2 Å². The van der Waals surface area contributed by atoms with Crippen molar-refractivity contribution < 1.29 is 9.47 Å². The van der Waals surface area contributed by atoms with Crippen LogP contribution in [-0.4, -0.2) is 0 Å². The van der Waals surface area contributed by atoms with E-state index in [0.29, 0.717) is 6.61 Å². The summed E-state index contributed by atoms with van der Waals surface area (Å²) in [4.78, 5) is 0. The van der Waals surface area contributed by atoms with Gasteiger partial charge >= 0.3 is 0 Å². The van der Waals surface area contributed by atoms with Crippen LogP contribution < -0.4 is 9.47 Å². The van der Waals surface area contributed by atoms with Crippen LogP contribution in [0.5, 0.6) is 17.2 Å². The van der Waals surface area contributed by atoms with Gasteiger partial charge in [-0.25, -0.2) is 0 Å². The lowest BCUT2D eigenvalue weighted by molar-refractivity contribution is 0.304. The minimum atomic E-state index is 0.545. The first-order chi connectivity index (χ1) is 10.4. The van der Waals surface area contributed by atoms with E-state index < -0.39 is 0 Å². The van der Waals surface area contributed by atoms with Crippen LogP contribution in [0.25, 0.3) is 0 Å². The van der Waals surface area contributed by atoms with Crippen molar-refractivity contribution in [1.82, 2.24) is 0 Å². The normalized spacial score (nSPS) is 10.1. The number of ether oxygens (including phenoxy) is 2. The molecule has 21 heavy (non-hydrogen) atoms. The Kier molecular flexibility index (Phi) is 4.18. The summed E-state index contributed by atoms with van der Waals surface area (Å²) in [6.45, 7) is 0.545. The number of benzene rings is 3. The van der Waals surface area contributed by atoms with Crippen LogP contribution >= 0.6 is 0 Å². The summed E-state index contributed by atoms with van der Waals surface area (Å²) in [5.41, 5.74) is 1.14. The van der Waals surface area contributed by atoms with Crippen LogP contribution in [0.15, 0.2) is 78.9 Å². The molecule has 0 spiro atoms. The molecule has 3 rings (SSSR count). The van der Waals surface area contributed by atoms with Gasteiger partial charge in [-0.3, -0.25) is 0 Å². The minimum absolute atomic E-state index is 0.545. The second-order valence-corrected chi connectivity index (χ2v) is 4.59. The minimum Gasteiger partial charge on any atom is -0.489 e. The highest BCUT2D eigenvalue weighted by atomic mass is 16.5. The Labute approximate surface area is 124 Å². The van der Waals surface area contributed by atoms with Gasteiger partial charge in [0.15, 0.2) is 0 Å². The van der Waals surface area contributed by atoms with Crippen LogP contribution in [0.4, 0.5) is 0 Å². The van der Waals surface area contributed by atoms with E-state index in [2.05, 4.69) is 6.07 Å². The molecule has 0 aliphatic carbocycles. The van der Waals surface area contributed by atoms with Gasteiger partial charge in [0.25, 0.3) is 0 Å². The lowest BCUT2D eigenvalue weighted by Crippen LogP contribution is -1.95. The van der Waals surface area contributed by atoms with Gasteiger partial charge in [-0.1, -0.05) is 48.5 Å². The molecule has 0 fully saturated rings. The van der Waals surface area contributed by atoms with Gasteiger partial charge in [-0.15, -0.1) is 0 Å². The van der Waals surface area contributed by atoms with Crippen molar-refractivity contribution in [2.24, 2.45) is 0 Å². The Morgan fingerprint density at radius 1 is 0.762 bits per heavy atom. The zero-order chi connectivity index (χ0) is 14.3. The van der Waals surface area contributed by atoms with E-state index in [-0.39, 0.29) is 0 Å². The van der Waals surface area contributed by atoms with E-state index in [9.17, 15) is 0 Å². The first-order valence-electron chi connectivity index (χ1n) is 6.81. The lowest BCUT2D eigenvalue weighted by Gasteiger charge is -2.09. The molecule has 0 saturated carbocycles. The fourth-order valence-electron chi connectivity index (χ4n) is 1.94. The average Bonchev–Trinajstić information content (AvgIpc) is 2.55. The molecule has 0 amide bonds. The molecule has 0 heterocycles. The first kappa shape index (κ1) is 13.3. The molecular weight excluding hydrogens is 260 g/mol. The third-order valence-electron chi connectivity index (χ3n) is 2.97. The average molecular weight is 275 g/mol. The predicted octanol–water partition coefficient (Wildman–Crippen LogP) is 4.86. The summed E-state index contributed by atoms with van der Waals surface area (Å²) >= 11 is 0. The summed E-state index contributed by atoms with van der Waals surface area (Å²) in [7, 11) is 0. The monoisotopic (exact) mass is 275 g/mol. The molecule has 2 nitrogen and oxygen atoms in total. The standard InChI is InChI=1S/C19H15O2/c1-3-8-16(9-4-1)15-20-18-12-7-13-19(14-18)21-17-10-5-2-6-11-17/h1-5,7-14H,15H2. The quantitative estimate of drug-likeness (QED) is 0.662. The van der Waals surface area contributed by atoms with Crippen molar-refractivity contribution in [2.45, 2.75) is 6.61 Å². The Hall–Kier alpha value is -2.74. The Morgan fingerprint density at radius 2 is 1.57 bits per heavy atom. The van der Waals surface area contributed by atoms with E-state index in [1.807, 2.05) is 72.8 Å². The van der Waals surface area contributed by atoms with E-state index in [1.165, 1.54) is 0 Å². The molecule has 0 aromatic heterocycles. The smallest absolute Gasteiger partial charge is 0.131 e. The molecule has 3 aromatic carbocycles. The maximum atomic E-state index is 5.78. The zero-order valence-corrected chi connectivity index (χ0v) is 11.5. The van der Waals surface area contributed by atoms with Gasteiger partial charge in [0.2, 0.25) is 0 Å². The second kappa shape index (κ2) is 6.62. The van der Waals surface area contributed by atoms with Crippen molar-refractivity contribution in [3.05, 3.63) is 90.5 Å². The summed E-state index contributed by atoms with van der Waals surface area (Å²) in [6, 6.07) is 28.1.